The molecule has 3 heterocycles. The first-order valence-electron chi connectivity index (χ1n) is 10.4. The van der Waals surface area contributed by atoms with E-state index in [0.29, 0.717) is 38.1 Å². The van der Waals surface area contributed by atoms with E-state index in [9.17, 15) is 9.00 Å². The molecule has 0 aliphatic heterocycles. The Morgan fingerprint density at radius 2 is 1.94 bits per heavy atom. The van der Waals surface area contributed by atoms with Gasteiger partial charge in [-0.25, -0.2) is 8.99 Å². The van der Waals surface area contributed by atoms with Crippen molar-refractivity contribution in [2.24, 2.45) is 0 Å². The standard InChI is InChI=1S/C23H21ClN6O4S2/c1-13-8-17(18-9-14(24)4-7-20(18)33-2)19(11-26-13)21(31)28-22-29-30-23(35-22)34-12-15-5-6-16(10-27-15)36(3,25)32/h4-11,25H,12H2,1-3H3,(H,28,29,31). The van der Waals surface area contributed by atoms with E-state index >= 15 is 0 Å². The molecule has 4 aromatic rings. The van der Waals surface area contributed by atoms with Gasteiger partial charge in [0.1, 0.15) is 12.4 Å². The Bertz CT molecular complexity index is 1520. The molecule has 2 N–H and O–H groups in total. The predicted molar refractivity (Wildman–Crippen MR) is 137 cm³/mol. The van der Waals surface area contributed by atoms with Crippen LogP contribution in [-0.2, 0) is 16.3 Å². The zero-order valence-electron chi connectivity index (χ0n) is 19.4. The van der Waals surface area contributed by atoms with Crippen LogP contribution < -0.4 is 14.8 Å². The largest absolute Gasteiger partial charge is 0.496 e. The highest BCUT2D eigenvalue weighted by Gasteiger charge is 2.19. The highest BCUT2D eigenvalue weighted by atomic mass is 35.5. The first kappa shape index (κ1) is 25.5. The zero-order valence-corrected chi connectivity index (χ0v) is 21.8. The Morgan fingerprint density at radius 1 is 1.14 bits per heavy atom. The Balaban J connectivity index is 1.49. The second-order valence-corrected chi connectivity index (χ2v) is 11.2. The molecule has 13 heteroatoms. The highest BCUT2D eigenvalue weighted by Crippen LogP contribution is 2.35. The number of hydrogen-bond acceptors (Lipinski definition) is 10. The molecular weight excluding hydrogens is 524 g/mol. The fraction of sp³-hybridized carbons (Fsp3) is 0.174. The summed E-state index contributed by atoms with van der Waals surface area (Å²) in [5, 5.41) is 11.6. The van der Waals surface area contributed by atoms with Crippen LogP contribution >= 0.6 is 22.9 Å². The SMILES string of the molecule is COc1ccc(Cl)cc1-c1cc(C)ncc1C(=O)Nc1nnc(OCc2ccc(S(C)(=N)=O)cn2)s1. The van der Waals surface area contributed by atoms with Gasteiger partial charge in [-0.15, -0.1) is 5.10 Å². The quantitative estimate of drug-likeness (QED) is 0.321. The van der Waals surface area contributed by atoms with Crippen molar-refractivity contribution in [3.8, 4) is 22.1 Å². The van der Waals surface area contributed by atoms with Gasteiger partial charge in [-0.2, -0.15) is 0 Å². The van der Waals surface area contributed by atoms with Crippen molar-refractivity contribution in [3.05, 3.63) is 70.8 Å². The van der Waals surface area contributed by atoms with Crippen LogP contribution in [0.1, 0.15) is 21.7 Å². The Kier molecular flexibility index (Phi) is 7.48. The topological polar surface area (TPSA) is 140 Å². The number of rotatable bonds is 8. The van der Waals surface area contributed by atoms with Crippen LogP contribution in [0.4, 0.5) is 5.13 Å². The van der Waals surface area contributed by atoms with Crippen LogP contribution in [0.2, 0.25) is 5.02 Å². The van der Waals surface area contributed by atoms with Gasteiger partial charge in [-0.05, 0) is 54.7 Å². The van der Waals surface area contributed by atoms with E-state index in [1.165, 1.54) is 18.6 Å². The summed E-state index contributed by atoms with van der Waals surface area (Å²) in [7, 11) is -1.28. The average molecular weight is 545 g/mol. The summed E-state index contributed by atoms with van der Waals surface area (Å²) in [6, 6.07) is 10.2. The lowest BCUT2D eigenvalue weighted by atomic mass is 9.99. The molecule has 186 valence electrons. The van der Waals surface area contributed by atoms with Gasteiger partial charge in [-0.3, -0.25) is 20.1 Å². The third kappa shape index (κ3) is 5.96. The molecule has 36 heavy (non-hydrogen) atoms. The van der Waals surface area contributed by atoms with Crippen LogP contribution in [0, 0.1) is 11.7 Å². The number of aromatic nitrogens is 4. The molecule has 0 aliphatic carbocycles. The number of aryl methyl sites for hydroxylation is 1. The van der Waals surface area contributed by atoms with E-state index in [4.69, 9.17) is 25.9 Å². The number of hydrogen-bond donors (Lipinski definition) is 2. The van der Waals surface area contributed by atoms with Crippen LogP contribution in [-0.4, -0.2) is 43.6 Å². The molecule has 0 saturated carbocycles. The maximum Gasteiger partial charge on any atom is 0.296 e. The second kappa shape index (κ2) is 10.6. The van der Waals surface area contributed by atoms with Gasteiger partial charge in [0.25, 0.3) is 11.1 Å². The number of pyridine rings is 2. The molecule has 0 aliphatic rings. The number of carbonyl (C=O) groups is 1. The summed E-state index contributed by atoms with van der Waals surface area (Å²) < 4.78 is 30.4. The van der Waals surface area contributed by atoms with Gasteiger partial charge in [0.05, 0.1) is 33.0 Å². The summed E-state index contributed by atoms with van der Waals surface area (Å²) in [6.07, 6.45) is 4.21. The lowest BCUT2D eigenvalue weighted by Gasteiger charge is -2.13. The number of benzene rings is 1. The smallest absolute Gasteiger partial charge is 0.296 e. The summed E-state index contributed by atoms with van der Waals surface area (Å²) in [6.45, 7) is 1.92. The number of anilines is 1. The Morgan fingerprint density at radius 3 is 2.64 bits per heavy atom. The summed E-state index contributed by atoms with van der Waals surface area (Å²) in [4.78, 5) is 21.9. The predicted octanol–water partition coefficient (Wildman–Crippen LogP) is 4.83. The van der Waals surface area contributed by atoms with Gasteiger partial charge in [-0.1, -0.05) is 16.7 Å². The second-order valence-electron chi connectivity index (χ2n) is 7.66. The minimum absolute atomic E-state index is 0.0896. The van der Waals surface area contributed by atoms with Crippen molar-refractivity contribution in [1.29, 1.82) is 4.78 Å². The van der Waals surface area contributed by atoms with E-state index in [0.717, 1.165) is 17.0 Å². The van der Waals surface area contributed by atoms with E-state index in [2.05, 4.69) is 25.5 Å². The van der Waals surface area contributed by atoms with E-state index < -0.39 is 15.6 Å². The number of ether oxygens (including phenoxy) is 2. The van der Waals surface area contributed by atoms with Gasteiger partial charge in [0, 0.05) is 40.5 Å². The average Bonchev–Trinajstić information content (AvgIpc) is 3.29. The number of carbonyl (C=O) groups excluding carboxylic acids is 1. The summed E-state index contributed by atoms with van der Waals surface area (Å²) in [5.74, 6) is 0.134. The van der Waals surface area contributed by atoms with Crippen molar-refractivity contribution in [2.45, 2.75) is 18.4 Å². The number of methoxy groups -OCH3 is 1. The molecule has 0 spiro atoms. The number of nitrogens with zero attached hydrogens (tertiary/aromatic N) is 4. The van der Waals surface area contributed by atoms with Crippen molar-refractivity contribution in [3.63, 3.8) is 0 Å². The van der Waals surface area contributed by atoms with Gasteiger partial charge >= 0.3 is 0 Å². The van der Waals surface area contributed by atoms with Crippen molar-refractivity contribution < 1.29 is 18.5 Å². The van der Waals surface area contributed by atoms with Gasteiger partial charge in [0.2, 0.25) is 5.13 Å². The van der Waals surface area contributed by atoms with E-state index in [-0.39, 0.29) is 16.9 Å². The molecule has 1 unspecified atom stereocenters. The maximum absolute atomic E-state index is 13.1. The number of halogens is 1. The Labute approximate surface area is 216 Å². The molecule has 4 rings (SSSR count). The van der Waals surface area contributed by atoms with Crippen molar-refractivity contribution >= 4 is 43.7 Å². The first-order valence-corrected chi connectivity index (χ1v) is 13.6. The van der Waals surface area contributed by atoms with Crippen LogP contribution in [0.3, 0.4) is 0 Å². The fourth-order valence-corrected chi connectivity index (χ4v) is 4.54. The number of amides is 1. The molecule has 10 nitrogen and oxygen atoms in total. The van der Waals surface area contributed by atoms with Crippen molar-refractivity contribution in [2.75, 3.05) is 18.7 Å². The zero-order chi connectivity index (χ0) is 25.9. The van der Waals surface area contributed by atoms with Crippen LogP contribution in [0.15, 0.2) is 53.7 Å². The molecule has 0 saturated heterocycles. The van der Waals surface area contributed by atoms with Gasteiger partial charge < -0.3 is 9.47 Å². The normalized spacial score (nSPS) is 12.6. The summed E-state index contributed by atoms with van der Waals surface area (Å²) in [5.41, 5.74) is 2.86. The summed E-state index contributed by atoms with van der Waals surface area (Å²) >= 11 is 7.25. The molecule has 0 radical (unpaired) electrons. The molecule has 1 atom stereocenters. The van der Waals surface area contributed by atoms with Crippen molar-refractivity contribution in [1.82, 2.24) is 20.2 Å². The highest BCUT2D eigenvalue weighted by molar-refractivity contribution is 7.91. The molecule has 0 fully saturated rings. The molecule has 1 aromatic carbocycles. The minimum Gasteiger partial charge on any atom is -0.496 e. The minimum atomic E-state index is -2.83. The third-order valence-electron chi connectivity index (χ3n) is 4.95. The number of nitrogens with one attached hydrogen (secondary N) is 2. The maximum atomic E-state index is 13.1. The molecular formula is C23H21ClN6O4S2. The van der Waals surface area contributed by atoms with E-state index in [1.807, 2.05) is 6.92 Å². The first-order chi connectivity index (χ1) is 17.1. The molecule has 3 aromatic heterocycles. The fourth-order valence-electron chi connectivity index (χ4n) is 3.20. The lowest BCUT2D eigenvalue weighted by molar-refractivity contribution is 0.102. The Hall–Kier alpha value is -3.61. The van der Waals surface area contributed by atoms with Crippen LogP contribution in [0.5, 0.6) is 10.9 Å². The van der Waals surface area contributed by atoms with Crippen LogP contribution in [0.25, 0.3) is 11.1 Å². The molecule has 0 bridgehead atoms. The lowest BCUT2D eigenvalue weighted by Crippen LogP contribution is -2.14. The third-order valence-corrected chi connectivity index (χ3v) is 7.08. The molecule has 1 amide bonds. The monoisotopic (exact) mass is 544 g/mol. The van der Waals surface area contributed by atoms with Gasteiger partial charge in [0.15, 0.2) is 0 Å². The van der Waals surface area contributed by atoms with E-state index in [1.54, 1.807) is 43.5 Å².